The van der Waals surface area contributed by atoms with Crippen LogP contribution >= 0.6 is 0 Å². The fraction of sp³-hybridized carbons (Fsp3) is 0.500. The van der Waals surface area contributed by atoms with Gasteiger partial charge in [0.25, 0.3) is 0 Å². The van der Waals surface area contributed by atoms with Crippen LogP contribution in [0.15, 0.2) is 18.2 Å². The SMILES string of the molecule is COc1ccc(C(N)CCCN)cc1OC. The molecular formula is C12H20N2O2. The van der Waals surface area contributed by atoms with Crippen LogP contribution in [-0.4, -0.2) is 20.8 Å². The van der Waals surface area contributed by atoms with Gasteiger partial charge in [-0.15, -0.1) is 0 Å². The van der Waals surface area contributed by atoms with Crippen LogP contribution in [0.5, 0.6) is 11.5 Å². The molecule has 0 fully saturated rings. The van der Waals surface area contributed by atoms with Gasteiger partial charge in [0, 0.05) is 6.04 Å². The van der Waals surface area contributed by atoms with Gasteiger partial charge in [-0.1, -0.05) is 6.07 Å². The minimum atomic E-state index is 0.00311. The maximum absolute atomic E-state index is 6.04. The van der Waals surface area contributed by atoms with Gasteiger partial charge in [-0.25, -0.2) is 0 Å². The maximum atomic E-state index is 6.04. The van der Waals surface area contributed by atoms with Crippen LogP contribution in [0.25, 0.3) is 0 Å². The van der Waals surface area contributed by atoms with Crippen molar-refractivity contribution in [3.8, 4) is 11.5 Å². The Morgan fingerprint density at radius 1 is 1.19 bits per heavy atom. The molecule has 16 heavy (non-hydrogen) atoms. The Labute approximate surface area is 96.5 Å². The van der Waals surface area contributed by atoms with Gasteiger partial charge in [0.05, 0.1) is 14.2 Å². The molecule has 0 saturated heterocycles. The van der Waals surface area contributed by atoms with Crippen LogP contribution in [0.4, 0.5) is 0 Å². The van der Waals surface area contributed by atoms with Crippen molar-refractivity contribution in [1.82, 2.24) is 0 Å². The van der Waals surface area contributed by atoms with E-state index in [1.807, 2.05) is 18.2 Å². The fourth-order valence-electron chi connectivity index (χ4n) is 1.59. The summed E-state index contributed by atoms with van der Waals surface area (Å²) in [6, 6.07) is 5.75. The minimum absolute atomic E-state index is 0.00311. The van der Waals surface area contributed by atoms with E-state index in [9.17, 15) is 0 Å². The molecule has 4 nitrogen and oxygen atoms in total. The van der Waals surface area contributed by atoms with E-state index in [1.54, 1.807) is 14.2 Å². The van der Waals surface area contributed by atoms with Gasteiger partial charge in [0.15, 0.2) is 11.5 Å². The standard InChI is InChI=1S/C12H20N2O2/c1-15-11-6-5-9(8-12(11)16-2)10(14)4-3-7-13/h5-6,8,10H,3-4,7,13-14H2,1-2H3. The Hall–Kier alpha value is -1.26. The molecule has 4 heteroatoms. The zero-order valence-corrected chi connectivity index (χ0v) is 9.90. The van der Waals surface area contributed by atoms with E-state index in [1.165, 1.54) is 0 Å². The Kier molecular flexibility index (Phi) is 5.08. The number of rotatable bonds is 6. The number of methoxy groups -OCH3 is 2. The summed E-state index contributed by atoms with van der Waals surface area (Å²) in [6.07, 6.45) is 1.81. The zero-order chi connectivity index (χ0) is 12.0. The van der Waals surface area contributed by atoms with Crippen LogP contribution < -0.4 is 20.9 Å². The Morgan fingerprint density at radius 3 is 2.44 bits per heavy atom. The molecule has 4 N–H and O–H groups in total. The van der Waals surface area contributed by atoms with Gasteiger partial charge in [-0.3, -0.25) is 0 Å². The lowest BCUT2D eigenvalue weighted by atomic mass is 10.0. The average molecular weight is 224 g/mol. The van der Waals surface area contributed by atoms with Gasteiger partial charge < -0.3 is 20.9 Å². The predicted molar refractivity (Wildman–Crippen MR) is 64.8 cm³/mol. The molecule has 1 rings (SSSR count). The molecule has 0 amide bonds. The molecular weight excluding hydrogens is 204 g/mol. The highest BCUT2D eigenvalue weighted by molar-refractivity contribution is 5.43. The van der Waals surface area contributed by atoms with Crippen molar-refractivity contribution < 1.29 is 9.47 Å². The van der Waals surface area contributed by atoms with E-state index in [-0.39, 0.29) is 6.04 Å². The van der Waals surface area contributed by atoms with E-state index in [4.69, 9.17) is 20.9 Å². The molecule has 0 aliphatic carbocycles. The first kappa shape index (κ1) is 12.8. The van der Waals surface area contributed by atoms with Crippen molar-refractivity contribution in [3.05, 3.63) is 23.8 Å². The van der Waals surface area contributed by atoms with Gasteiger partial charge in [-0.2, -0.15) is 0 Å². The first-order valence-electron chi connectivity index (χ1n) is 5.40. The second-order valence-electron chi connectivity index (χ2n) is 3.65. The van der Waals surface area contributed by atoms with Crippen LogP contribution in [0.3, 0.4) is 0 Å². The predicted octanol–water partition coefficient (Wildman–Crippen LogP) is 1.44. The lowest BCUT2D eigenvalue weighted by molar-refractivity contribution is 0.354. The molecule has 0 radical (unpaired) electrons. The number of hydrogen-bond donors (Lipinski definition) is 2. The Balaban J connectivity index is 2.81. The molecule has 0 aliphatic rings. The summed E-state index contributed by atoms with van der Waals surface area (Å²) in [5.74, 6) is 1.43. The van der Waals surface area contributed by atoms with E-state index >= 15 is 0 Å². The number of nitrogens with two attached hydrogens (primary N) is 2. The topological polar surface area (TPSA) is 70.5 Å². The summed E-state index contributed by atoms with van der Waals surface area (Å²) in [6.45, 7) is 0.668. The van der Waals surface area contributed by atoms with Crippen molar-refractivity contribution in [2.45, 2.75) is 18.9 Å². The molecule has 0 aliphatic heterocycles. The molecule has 1 aromatic rings. The normalized spacial score (nSPS) is 12.2. The van der Waals surface area contributed by atoms with E-state index in [2.05, 4.69) is 0 Å². The molecule has 1 aromatic carbocycles. The second kappa shape index (κ2) is 6.35. The molecule has 1 atom stereocenters. The zero-order valence-electron chi connectivity index (χ0n) is 9.90. The lowest BCUT2D eigenvalue weighted by Crippen LogP contribution is -2.12. The van der Waals surface area contributed by atoms with E-state index in [0.717, 1.165) is 24.2 Å². The number of ether oxygens (including phenoxy) is 2. The third-order valence-corrected chi connectivity index (χ3v) is 2.56. The highest BCUT2D eigenvalue weighted by Gasteiger charge is 2.09. The Bertz CT molecular complexity index is 329. The van der Waals surface area contributed by atoms with Crippen LogP contribution in [0, 0.1) is 0 Å². The van der Waals surface area contributed by atoms with Gasteiger partial charge in [0.1, 0.15) is 0 Å². The summed E-state index contributed by atoms with van der Waals surface area (Å²) in [7, 11) is 3.24. The summed E-state index contributed by atoms with van der Waals surface area (Å²) in [4.78, 5) is 0. The lowest BCUT2D eigenvalue weighted by Gasteiger charge is -2.14. The van der Waals surface area contributed by atoms with Crippen molar-refractivity contribution in [3.63, 3.8) is 0 Å². The third kappa shape index (κ3) is 3.12. The van der Waals surface area contributed by atoms with Crippen molar-refractivity contribution >= 4 is 0 Å². The number of benzene rings is 1. The van der Waals surface area contributed by atoms with E-state index < -0.39 is 0 Å². The summed E-state index contributed by atoms with van der Waals surface area (Å²) in [5.41, 5.74) is 12.5. The summed E-state index contributed by atoms with van der Waals surface area (Å²) >= 11 is 0. The van der Waals surface area contributed by atoms with Gasteiger partial charge in [-0.05, 0) is 37.1 Å². The molecule has 90 valence electrons. The highest BCUT2D eigenvalue weighted by Crippen LogP contribution is 2.30. The van der Waals surface area contributed by atoms with Crippen LogP contribution in [-0.2, 0) is 0 Å². The van der Waals surface area contributed by atoms with Crippen LogP contribution in [0.2, 0.25) is 0 Å². The van der Waals surface area contributed by atoms with Gasteiger partial charge >= 0.3 is 0 Å². The monoisotopic (exact) mass is 224 g/mol. The summed E-state index contributed by atoms with van der Waals surface area (Å²) < 4.78 is 10.4. The highest BCUT2D eigenvalue weighted by atomic mass is 16.5. The second-order valence-corrected chi connectivity index (χ2v) is 3.65. The van der Waals surface area contributed by atoms with E-state index in [0.29, 0.717) is 12.3 Å². The fourth-order valence-corrected chi connectivity index (χ4v) is 1.59. The largest absolute Gasteiger partial charge is 0.493 e. The third-order valence-electron chi connectivity index (χ3n) is 2.56. The maximum Gasteiger partial charge on any atom is 0.161 e. The van der Waals surface area contributed by atoms with Gasteiger partial charge in [0.2, 0.25) is 0 Å². The van der Waals surface area contributed by atoms with Crippen LogP contribution in [0.1, 0.15) is 24.4 Å². The smallest absolute Gasteiger partial charge is 0.161 e. The molecule has 0 bridgehead atoms. The molecule has 0 aromatic heterocycles. The van der Waals surface area contributed by atoms with Crippen molar-refractivity contribution in [2.75, 3.05) is 20.8 Å². The Morgan fingerprint density at radius 2 is 1.88 bits per heavy atom. The molecule has 1 unspecified atom stereocenters. The first-order valence-corrected chi connectivity index (χ1v) is 5.40. The quantitative estimate of drug-likeness (QED) is 0.767. The molecule has 0 saturated carbocycles. The molecule has 0 spiro atoms. The molecule has 0 heterocycles. The summed E-state index contributed by atoms with van der Waals surface area (Å²) in [5, 5.41) is 0. The first-order chi connectivity index (χ1) is 7.72. The van der Waals surface area contributed by atoms with Crippen molar-refractivity contribution in [2.24, 2.45) is 11.5 Å². The minimum Gasteiger partial charge on any atom is -0.493 e. The van der Waals surface area contributed by atoms with Crippen molar-refractivity contribution in [1.29, 1.82) is 0 Å². The number of hydrogen-bond acceptors (Lipinski definition) is 4. The average Bonchev–Trinajstić information content (AvgIpc) is 2.34.